The van der Waals surface area contributed by atoms with Crippen molar-refractivity contribution >= 4 is 11.9 Å². The van der Waals surface area contributed by atoms with Gasteiger partial charge in [-0.2, -0.15) is 5.10 Å². The first kappa shape index (κ1) is 16.7. The molecular weight excluding hydrogens is 306 g/mol. The standard InChI is InChI=1S/C18H25N3O3/c1-20-12-14(11-19-20)17-15(18(23)24)7-8-16(22)21(17)10-9-13-5-3-2-4-6-13/h5,11-12,15,17H,2-4,6-10H2,1H3,(H,23,24)/t15-,17+/m0/s1. The maximum Gasteiger partial charge on any atom is 0.308 e. The van der Waals surface area contributed by atoms with Crippen LogP contribution in [0.4, 0.5) is 0 Å². The fraction of sp³-hybridized carbons (Fsp3) is 0.611. The lowest BCUT2D eigenvalue weighted by atomic mass is 9.85. The molecule has 3 rings (SSSR count). The zero-order chi connectivity index (χ0) is 17.1. The van der Waals surface area contributed by atoms with E-state index in [2.05, 4.69) is 11.2 Å². The van der Waals surface area contributed by atoms with Gasteiger partial charge >= 0.3 is 5.97 Å². The number of nitrogens with zero attached hydrogens (tertiary/aromatic N) is 3. The Labute approximate surface area is 142 Å². The van der Waals surface area contributed by atoms with Gasteiger partial charge in [0.1, 0.15) is 0 Å². The van der Waals surface area contributed by atoms with Gasteiger partial charge in [0.25, 0.3) is 0 Å². The first-order chi connectivity index (χ1) is 11.6. The van der Waals surface area contributed by atoms with Crippen molar-refractivity contribution in [3.8, 4) is 0 Å². The summed E-state index contributed by atoms with van der Waals surface area (Å²) in [5.41, 5.74) is 2.21. The molecule has 0 radical (unpaired) electrons. The molecule has 1 aromatic rings. The molecule has 130 valence electrons. The van der Waals surface area contributed by atoms with Crippen molar-refractivity contribution in [1.29, 1.82) is 0 Å². The molecule has 1 fully saturated rings. The Morgan fingerprint density at radius 2 is 2.21 bits per heavy atom. The van der Waals surface area contributed by atoms with Crippen LogP contribution in [0.15, 0.2) is 24.0 Å². The van der Waals surface area contributed by atoms with Crippen molar-refractivity contribution in [1.82, 2.24) is 14.7 Å². The molecule has 6 nitrogen and oxygen atoms in total. The lowest BCUT2D eigenvalue weighted by Gasteiger charge is -2.39. The lowest BCUT2D eigenvalue weighted by molar-refractivity contribution is -0.152. The Hall–Kier alpha value is -2.11. The average molecular weight is 331 g/mol. The second-order valence-corrected chi connectivity index (χ2v) is 6.82. The van der Waals surface area contributed by atoms with Crippen molar-refractivity contribution in [3.05, 3.63) is 29.6 Å². The van der Waals surface area contributed by atoms with Gasteiger partial charge in [-0.3, -0.25) is 14.3 Å². The molecule has 1 saturated heterocycles. The number of aryl methyl sites for hydroxylation is 1. The highest BCUT2D eigenvalue weighted by atomic mass is 16.4. The van der Waals surface area contributed by atoms with Gasteiger partial charge in [-0.25, -0.2) is 0 Å². The van der Waals surface area contributed by atoms with Crippen molar-refractivity contribution in [2.24, 2.45) is 13.0 Å². The molecule has 6 heteroatoms. The van der Waals surface area contributed by atoms with Gasteiger partial charge in [0.15, 0.2) is 0 Å². The molecular formula is C18H25N3O3. The second-order valence-electron chi connectivity index (χ2n) is 6.82. The zero-order valence-corrected chi connectivity index (χ0v) is 14.1. The van der Waals surface area contributed by atoms with Crippen LogP contribution in [0, 0.1) is 5.92 Å². The van der Waals surface area contributed by atoms with E-state index in [1.54, 1.807) is 22.8 Å². The zero-order valence-electron chi connectivity index (χ0n) is 14.1. The molecule has 2 atom stereocenters. The largest absolute Gasteiger partial charge is 0.481 e. The number of likely N-dealkylation sites (tertiary alicyclic amines) is 1. The summed E-state index contributed by atoms with van der Waals surface area (Å²) < 4.78 is 1.66. The summed E-state index contributed by atoms with van der Waals surface area (Å²) in [6.07, 6.45) is 12.0. The maximum absolute atomic E-state index is 12.5. The van der Waals surface area contributed by atoms with Crippen LogP contribution in [0.25, 0.3) is 0 Å². The summed E-state index contributed by atoms with van der Waals surface area (Å²) in [5.74, 6) is -1.34. The highest BCUT2D eigenvalue weighted by molar-refractivity contribution is 5.81. The molecule has 0 aromatic carbocycles. The molecule has 1 amide bonds. The smallest absolute Gasteiger partial charge is 0.308 e. The van der Waals surface area contributed by atoms with Crippen LogP contribution in [0.5, 0.6) is 0 Å². The van der Waals surface area contributed by atoms with E-state index >= 15 is 0 Å². The fourth-order valence-corrected chi connectivity index (χ4v) is 3.88. The van der Waals surface area contributed by atoms with Crippen molar-refractivity contribution < 1.29 is 14.7 Å². The molecule has 0 spiro atoms. The number of hydrogen-bond donors (Lipinski definition) is 1. The predicted octanol–water partition coefficient (Wildman–Crippen LogP) is 2.67. The fourth-order valence-electron chi connectivity index (χ4n) is 3.88. The van der Waals surface area contributed by atoms with E-state index in [9.17, 15) is 14.7 Å². The summed E-state index contributed by atoms with van der Waals surface area (Å²) >= 11 is 0. The number of rotatable bonds is 5. The lowest BCUT2D eigenvalue weighted by Crippen LogP contribution is -2.45. The van der Waals surface area contributed by atoms with Gasteiger partial charge in [-0.05, 0) is 38.5 Å². The Kier molecular flexibility index (Phi) is 5.02. The van der Waals surface area contributed by atoms with Crippen LogP contribution in [0.3, 0.4) is 0 Å². The summed E-state index contributed by atoms with van der Waals surface area (Å²) in [6, 6.07) is -0.415. The van der Waals surface area contributed by atoms with E-state index in [0.717, 1.165) is 24.8 Å². The number of amides is 1. The van der Waals surface area contributed by atoms with E-state index in [-0.39, 0.29) is 5.91 Å². The Morgan fingerprint density at radius 1 is 1.38 bits per heavy atom. The summed E-state index contributed by atoms with van der Waals surface area (Å²) in [4.78, 5) is 26.0. The number of allylic oxidation sites excluding steroid dienone is 1. The van der Waals surface area contributed by atoms with E-state index < -0.39 is 17.9 Å². The molecule has 1 aliphatic carbocycles. The molecule has 2 heterocycles. The van der Waals surface area contributed by atoms with Crippen molar-refractivity contribution in [2.45, 2.75) is 51.0 Å². The summed E-state index contributed by atoms with van der Waals surface area (Å²) in [6.45, 7) is 0.591. The van der Waals surface area contributed by atoms with Gasteiger partial charge in [0.2, 0.25) is 5.91 Å². The normalized spacial score (nSPS) is 24.8. The predicted molar refractivity (Wildman–Crippen MR) is 89.2 cm³/mol. The van der Waals surface area contributed by atoms with Gasteiger partial charge in [-0.1, -0.05) is 11.6 Å². The monoisotopic (exact) mass is 331 g/mol. The van der Waals surface area contributed by atoms with Crippen molar-refractivity contribution in [2.75, 3.05) is 6.54 Å². The third kappa shape index (κ3) is 3.52. The van der Waals surface area contributed by atoms with E-state index in [0.29, 0.717) is 19.4 Å². The molecule has 1 aliphatic heterocycles. The van der Waals surface area contributed by atoms with E-state index in [1.165, 1.54) is 18.4 Å². The quantitative estimate of drug-likeness (QED) is 0.842. The average Bonchev–Trinajstić information content (AvgIpc) is 3.00. The number of aliphatic carboxylic acids is 1. The van der Waals surface area contributed by atoms with E-state index in [4.69, 9.17) is 0 Å². The minimum atomic E-state index is -0.835. The third-order valence-electron chi connectivity index (χ3n) is 5.15. The minimum Gasteiger partial charge on any atom is -0.481 e. The Balaban J connectivity index is 1.82. The number of carbonyl (C=O) groups is 2. The van der Waals surface area contributed by atoms with Gasteiger partial charge in [0, 0.05) is 31.8 Å². The van der Waals surface area contributed by atoms with Gasteiger partial charge in [-0.15, -0.1) is 0 Å². The number of aromatic nitrogens is 2. The highest BCUT2D eigenvalue weighted by Gasteiger charge is 2.41. The number of piperidine rings is 1. The van der Waals surface area contributed by atoms with Crippen LogP contribution >= 0.6 is 0 Å². The van der Waals surface area contributed by atoms with Crippen LogP contribution in [-0.2, 0) is 16.6 Å². The molecule has 2 aliphatic rings. The van der Waals surface area contributed by atoms with Crippen molar-refractivity contribution in [3.63, 3.8) is 0 Å². The molecule has 0 unspecified atom stereocenters. The number of carboxylic acid groups (broad SMARTS) is 1. The molecule has 24 heavy (non-hydrogen) atoms. The van der Waals surface area contributed by atoms with Crippen LogP contribution in [0.1, 0.15) is 56.6 Å². The Morgan fingerprint density at radius 3 is 2.83 bits per heavy atom. The third-order valence-corrected chi connectivity index (χ3v) is 5.15. The van der Waals surface area contributed by atoms with Gasteiger partial charge < -0.3 is 10.0 Å². The summed E-state index contributed by atoms with van der Waals surface area (Å²) in [7, 11) is 1.81. The molecule has 1 N–H and O–H groups in total. The second kappa shape index (κ2) is 7.20. The number of carbonyl (C=O) groups excluding carboxylic acids is 1. The first-order valence-electron chi connectivity index (χ1n) is 8.75. The van der Waals surface area contributed by atoms with Gasteiger partial charge in [0.05, 0.1) is 18.2 Å². The minimum absolute atomic E-state index is 0.0535. The Bertz CT molecular complexity index is 650. The molecule has 1 aromatic heterocycles. The van der Waals surface area contributed by atoms with E-state index in [1.807, 2.05) is 6.20 Å². The van der Waals surface area contributed by atoms with Crippen LogP contribution < -0.4 is 0 Å². The molecule has 0 bridgehead atoms. The van der Waals surface area contributed by atoms with Crippen LogP contribution in [0.2, 0.25) is 0 Å². The number of carboxylic acids is 1. The topological polar surface area (TPSA) is 75.4 Å². The first-order valence-corrected chi connectivity index (χ1v) is 8.75. The maximum atomic E-state index is 12.5. The molecule has 0 saturated carbocycles. The SMILES string of the molecule is Cn1cc([C@@H]2[C@@H](C(=O)O)CCC(=O)N2CCC2=CCCCC2)cn1. The number of hydrogen-bond acceptors (Lipinski definition) is 3. The van der Waals surface area contributed by atoms with Crippen LogP contribution in [-0.4, -0.2) is 38.2 Å². The highest BCUT2D eigenvalue weighted by Crippen LogP contribution is 2.37. The summed E-state index contributed by atoms with van der Waals surface area (Å²) in [5, 5.41) is 13.8.